The highest BCUT2D eigenvalue weighted by molar-refractivity contribution is 8.00. The van der Waals surface area contributed by atoms with Crippen LogP contribution >= 0.6 is 23.4 Å². The molecule has 116 valence electrons. The summed E-state index contributed by atoms with van der Waals surface area (Å²) in [5.41, 5.74) is 0. The number of halogens is 1. The Bertz CT molecular complexity index is 496. The van der Waals surface area contributed by atoms with E-state index in [1.807, 2.05) is 25.1 Å². The molecule has 0 spiro atoms. The number of nitrogens with zero attached hydrogens (tertiary/aromatic N) is 1. The molecule has 0 heterocycles. The minimum Gasteiger partial charge on any atom is -0.469 e. The Morgan fingerprint density at radius 1 is 1.38 bits per heavy atom. The maximum Gasteiger partial charge on any atom is 0.305 e. The van der Waals surface area contributed by atoms with Crippen molar-refractivity contribution in [2.24, 2.45) is 0 Å². The van der Waals surface area contributed by atoms with Gasteiger partial charge in [0.15, 0.2) is 0 Å². The van der Waals surface area contributed by atoms with Gasteiger partial charge in [-0.3, -0.25) is 9.59 Å². The van der Waals surface area contributed by atoms with E-state index in [4.69, 9.17) is 11.6 Å². The lowest BCUT2D eigenvalue weighted by Crippen LogP contribution is -2.34. The Morgan fingerprint density at radius 3 is 2.67 bits per heavy atom. The number of hydrogen-bond acceptors (Lipinski definition) is 4. The second-order valence-electron chi connectivity index (χ2n) is 4.63. The zero-order chi connectivity index (χ0) is 15.8. The Morgan fingerprint density at radius 2 is 2.05 bits per heavy atom. The Balaban J connectivity index is 2.46. The number of esters is 1. The molecule has 0 fully saturated rings. The lowest BCUT2D eigenvalue weighted by Gasteiger charge is -2.21. The molecule has 0 saturated carbocycles. The summed E-state index contributed by atoms with van der Waals surface area (Å²) in [6, 6.07) is 7.46. The fraction of sp³-hybridized carbons (Fsp3) is 0.467. The molecule has 0 bridgehead atoms. The van der Waals surface area contributed by atoms with Gasteiger partial charge < -0.3 is 9.64 Å². The normalized spacial score (nSPS) is 11.8. The number of thioether (sulfide) groups is 1. The molecule has 0 aliphatic heterocycles. The first-order valence-electron chi connectivity index (χ1n) is 6.68. The van der Waals surface area contributed by atoms with Gasteiger partial charge >= 0.3 is 5.97 Å². The number of hydrogen-bond donors (Lipinski definition) is 0. The van der Waals surface area contributed by atoms with Gasteiger partial charge in [-0.05, 0) is 25.5 Å². The van der Waals surface area contributed by atoms with Crippen molar-refractivity contribution in [2.75, 3.05) is 20.7 Å². The van der Waals surface area contributed by atoms with Gasteiger partial charge in [0, 0.05) is 24.9 Å². The molecule has 6 heteroatoms. The van der Waals surface area contributed by atoms with E-state index in [1.54, 1.807) is 18.0 Å². The van der Waals surface area contributed by atoms with Crippen LogP contribution in [0.5, 0.6) is 0 Å². The van der Waals surface area contributed by atoms with Crippen LogP contribution in [0.25, 0.3) is 0 Å². The van der Waals surface area contributed by atoms with Gasteiger partial charge in [-0.25, -0.2) is 0 Å². The summed E-state index contributed by atoms with van der Waals surface area (Å²) in [7, 11) is 3.10. The number of amides is 1. The van der Waals surface area contributed by atoms with Crippen molar-refractivity contribution in [1.29, 1.82) is 0 Å². The third-order valence-corrected chi connectivity index (χ3v) is 4.57. The molecule has 1 aromatic carbocycles. The average molecular weight is 330 g/mol. The van der Waals surface area contributed by atoms with Crippen molar-refractivity contribution in [2.45, 2.75) is 29.9 Å². The number of ether oxygens (including phenoxy) is 1. The number of benzene rings is 1. The average Bonchev–Trinajstić information content (AvgIpc) is 2.48. The summed E-state index contributed by atoms with van der Waals surface area (Å²) in [6.45, 7) is 2.38. The van der Waals surface area contributed by atoms with Gasteiger partial charge in [-0.1, -0.05) is 23.7 Å². The van der Waals surface area contributed by atoms with Gasteiger partial charge in [0.2, 0.25) is 5.91 Å². The summed E-state index contributed by atoms with van der Waals surface area (Å²) in [5.74, 6) is -0.237. The summed E-state index contributed by atoms with van der Waals surface area (Å²) in [5, 5.41) is 0.420. The smallest absolute Gasteiger partial charge is 0.305 e. The highest BCUT2D eigenvalue weighted by atomic mass is 35.5. The van der Waals surface area contributed by atoms with Crippen molar-refractivity contribution in [3.63, 3.8) is 0 Å². The molecule has 0 aliphatic carbocycles. The summed E-state index contributed by atoms with van der Waals surface area (Å²) >= 11 is 7.53. The van der Waals surface area contributed by atoms with E-state index >= 15 is 0 Å². The van der Waals surface area contributed by atoms with Gasteiger partial charge in [-0.15, -0.1) is 11.8 Å². The minimum absolute atomic E-state index is 0.0183. The number of carbonyl (C=O) groups is 2. The molecular weight excluding hydrogens is 310 g/mol. The van der Waals surface area contributed by atoms with Crippen LogP contribution in [0, 0.1) is 0 Å². The van der Waals surface area contributed by atoms with Crippen molar-refractivity contribution in [3.05, 3.63) is 29.3 Å². The molecule has 1 atom stereocenters. The molecule has 0 saturated heterocycles. The Labute approximate surface area is 134 Å². The Hall–Kier alpha value is -1.20. The zero-order valence-corrected chi connectivity index (χ0v) is 14.0. The van der Waals surface area contributed by atoms with Gasteiger partial charge in [0.05, 0.1) is 17.4 Å². The first kappa shape index (κ1) is 17.9. The number of rotatable bonds is 7. The van der Waals surface area contributed by atoms with E-state index in [0.29, 0.717) is 24.4 Å². The third-order valence-electron chi connectivity index (χ3n) is 2.97. The Kier molecular flexibility index (Phi) is 7.61. The van der Waals surface area contributed by atoms with E-state index in [-0.39, 0.29) is 17.1 Å². The van der Waals surface area contributed by atoms with Crippen molar-refractivity contribution >= 4 is 35.2 Å². The van der Waals surface area contributed by atoms with Crippen molar-refractivity contribution in [1.82, 2.24) is 4.90 Å². The molecule has 0 N–H and O–H groups in total. The third kappa shape index (κ3) is 5.98. The van der Waals surface area contributed by atoms with Crippen LogP contribution in [0.15, 0.2) is 29.2 Å². The summed E-state index contributed by atoms with van der Waals surface area (Å²) in [6.07, 6.45) is 0.915. The number of methoxy groups -OCH3 is 1. The molecule has 1 unspecified atom stereocenters. The second kappa shape index (κ2) is 8.95. The lowest BCUT2D eigenvalue weighted by molar-refractivity contribution is -0.141. The van der Waals surface area contributed by atoms with E-state index < -0.39 is 0 Å². The highest BCUT2D eigenvalue weighted by Gasteiger charge is 2.19. The van der Waals surface area contributed by atoms with Crippen LogP contribution < -0.4 is 0 Å². The minimum atomic E-state index is -0.255. The van der Waals surface area contributed by atoms with Gasteiger partial charge in [0.1, 0.15) is 0 Å². The van der Waals surface area contributed by atoms with Crippen LogP contribution in [0.4, 0.5) is 0 Å². The second-order valence-corrected chi connectivity index (χ2v) is 6.42. The predicted molar refractivity (Wildman–Crippen MR) is 85.7 cm³/mol. The predicted octanol–water partition coefficient (Wildman–Crippen LogP) is 3.23. The zero-order valence-electron chi connectivity index (χ0n) is 12.5. The van der Waals surface area contributed by atoms with Crippen molar-refractivity contribution < 1.29 is 14.3 Å². The van der Waals surface area contributed by atoms with Crippen molar-refractivity contribution in [3.8, 4) is 0 Å². The summed E-state index contributed by atoms with van der Waals surface area (Å²) < 4.78 is 4.57. The molecule has 0 aromatic heterocycles. The molecule has 0 aliphatic rings. The fourth-order valence-corrected chi connectivity index (χ4v) is 3.03. The molecule has 21 heavy (non-hydrogen) atoms. The highest BCUT2D eigenvalue weighted by Crippen LogP contribution is 2.30. The topological polar surface area (TPSA) is 46.6 Å². The van der Waals surface area contributed by atoms with Crippen LogP contribution in [0.3, 0.4) is 0 Å². The first-order valence-corrected chi connectivity index (χ1v) is 7.94. The fourth-order valence-electron chi connectivity index (χ4n) is 1.76. The molecule has 0 radical (unpaired) electrons. The van der Waals surface area contributed by atoms with Gasteiger partial charge in [0.25, 0.3) is 0 Å². The van der Waals surface area contributed by atoms with E-state index in [1.165, 1.54) is 18.9 Å². The lowest BCUT2D eigenvalue weighted by atomic mass is 10.3. The van der Waals surface area contributed by atoms with E-state index in [9.17, 15) is 9.59 Å². The standard InChI is InChI=1S/C15H20ClNO3S/c1-11(21-13-8-5-4-7-12(13)16)15(19)17(2)10-6-9-14(18)20-3/h4-5,7-8,11H,6,9-10H2,1-3H3. The quantitative estimate of drug-likeness (QED) is 0.569. The maximum atomic E-state index is 12.2. The first-order chi connectivity index (χ1) is 9.95. The molecular formula is C15H20ClNO3S. The molecule has 1 amide bonds. The molecule has 1 aromatic rings. The largest absolute Gasteiger partial charge is 0.469 e. The summed E-state index contributed by atoms with van der Waals surface area (Å²) in [4.78, 5) is 25.8. The number of carbonyl (C=O) groups excluding carboxylic acids is 2. The molecule has 4 nitrogen and oxygen atoms in total. The van der Waals surface area contributed by atoms with E-state index in [0.717, 1.165) is 4.90 Å². The maximum absolute atomic E-state index is 12.2. The van der Waals surface area contributed by atoms with Crippen LogP contribution in [0.2, 0.25) is 5.02 Å². The van der Waals surface area contributed by atoms with E-state index in [2.05, 4.69) is 4.74 Å². The molecule has 1 rings (SSSR count). The monoisotopic (exact) mass is 329 g/mol. The van der Waals surface area contributed by atoms with Gasteiger partial charge in [-0.2, -0.15) is 0 Å². The van der Waals surface area contributed by atoms with Crippen LogP contribution in [-0.2, 0) is 14.3 Å². The van der Waals surface area contributed by atoms with Crippen LogP contribution in [-0.4, -0.2) is 42.7 Å². The van der Waals surface area contributed by atoms with Crippen LogP contribution in [0.1, 0.15) is 19.8 Å². The SMILES string of the molecule is COC(=O)CCCN(C)C(=O)C(C)Sc1ccccc1Cl.